The van der Waals surface area contributed by atoms with Crippen LogP contribution in [-0.4, -0.2) is 12.2 Å². The van der Waals surface area contributed by atoms with Gasteiger partial charge in [-0.05, 0) is 53.4 Å². The third-order valence-electron chi connectivity index (χ3n) is 4.06. The van der Waals surface area contributed by atoms with Crippen LogP contribution in [0.25, 0.3) is 5.57 Å². The van der Waals surface area contributed by atoms with Gasteiger partial charge >= 0.3 is 0 Å². The van der Waals surface area contributed by atoms with Crippen molar-refractivity contribution in [3.05, 3.63) is 75.4 Å². The number of nitrogens with two attached hydrogens (primary N) is 2. The molecule has 0 heterocycles. The maximum atomic E-state index is 12.5. The lowest BCUT2D eigenvalue weighted by atomic mass is 10.0. The monoisotopic (exact) mass is 429 g/mol. The normalized spacial score (nSPS) is 13.5. The third kappa shape index (κ3) is 3.75. The Morgan fingerprint density at radius 2 is 1.92 bits per heavy atom. The molecule has 7 heteroatoms. The predicted molar refractivity (Wildman–Crippen MR) is 108 cm³/mol. The summed E-state index contributed by atoms with van der Waals surface area (Å²) in [6, 6.07) is 12.6. The molecule has 3 rings (SSSR count). The zero-order chi connectivity index (χ0) is 18.7. The van der Waals surface area contributed by atoms with Crippen molar-refractivity contribution in [1.82, 2.24) is 5.32 Å². The van der Waals surface area contributed by atoms with Crippen molar-refractivity contribution in [2.24, 2.45) is 5.14 Å². The fourth-order valence-corrected chi connectivity index (χ4v) is 3.35. The minimum absolute atomic E-state index is 0.315. The van der Waals surface area contributed by atoms with Crippen molar-refractivity contribution in [3.8, 4) is 0 Å². The quantitative estimate of drug-likeness (QED) is 0.382. The van der Waals surface area contributed by atoms with Gasteiger partial charge in [-0.15, -0.1) is 0 Å². The standard InChI is InChI=1S/C19H16BrN3O2S/c20-13-4-1-11(2-5-13)14-6-7-17(15(14)10-24)23-19(25)12-3-8-18(26-22)16(21)9-12/h1-6,8-10H,7,21-22H2,(H,23,25). The SMILES string of the molecule is NSc1ccc(C(=O)NC2=C(C=O)C(c3ccc(Br)cc3)=CC2)cc1N. The average molecular weight is 430 g/mol. The Labute approximate surface area is 163 Å². The first-order valence-corrected chi connectivity index (χ1v) is 9.43. The van der Waals surface area contributed by atoms with Gasteiger partial charge in [0, 0.05) is 38.3 Å². The van der Waals surface area contributed by atoms with Crippen molar-refractivity contribution in [3.63, 3.8) is 0 Å². The number of hydrogen-bond donors (Lipinski definition) is 3. The molecule has 0 saturated carbocycles. The number of carbonyl (C=O) groups is 2. The van der Waals surface area contributed by atoms with E-state index >= 15 is 0 Å². The molecule has 132 valence electrons. The number of hydrogen-bond acceptors (Lipinski definition) is 5. The number of nitrogen functional groups attached to an aromatic ring is 1. The second-order valence-corrected chi connectivity index (χ2v) is 7.25. The van der Waals surface area contributed by atoms with Crippen LogP contribution in [0.5, 0.6) is 0 Å². The van der Waals surface area contributed by atoms with Crippen LogP contribution in [0.2, 0.25) is 0 Å². The van der Waals surface area contributed by atoms with Crippen LogP contribution in [0.15, 0.2) is 69.2 Å². The van der Waals surface area contributed by atoms with Crippen molar-refractivity contribution < 1.29 is 9.59 Å². The Balaban J connectivity index is 1.83. The highest BCUT2D eigenvalue weighted by molar-refractivity contribution is 9.10. The zero-order valence-electron chi connectivity index (χ0n) is 13.7. The maximum absolute atomic E-state index is 12.5. The lowest BCUT2D eigenvalue weighted by Crippen LogP contribution is -2.23. The fourth-order valence-electron chi connectivity index (χ4n) is 2.75. The smallest absolute Gasteiger partial charge is 0.255 e. The highest BCUT2D eigenvalue weighted by atomic mass is 79.9. The van der Waals surface area contributed by atoms with Crippen LogP contribution in [0.4, 0.5) is 5.69 Å². The van der Waals surface area contributed by atoms with E-state index in [1.807, 2.05) is 30.3 Å². The molecule has 0 radical (unpaired) electrons. The number of nitrogens with one attached hydrogen (secondary N) is 1. The van der Waals surface area contributed by atoms with Gasteiger partial charge in [0.25, 0.3) is 5.91 Å². The summed E-state index contributed by atoms with van der Waals surface area (Å²) in [4.78, 5) is 24.8. The molecule has 5 nitrogen and oxygen atoms in total. The van der Waals surface area contributed by atoms with E-state index in [0.29, 0.717) is 33.8 Å². The van der Waals surface area contributed by atoms with E-state index in [2.05, 4.69) is 21.2 Å². The average Bonchev–Trinajstić information content (AvgIpc) is 3.04. The number of halogens is 1. The zero-order valence-corrected chi connectivity index (χ0v) is 16.1. The van der Waals surface area contributed by atoms with Gasteiger partial charge in [-0.2, -0.15) is 0 Å². The summed E-state index contributed by atoms with van der Waals surface area (Å²) in [5, 5.41) is 8.33. The highest BCUT2D eigenvalue weighted by Gasteiger charge is 2.21. The topological polar surface area (TPSA) is 98.2 Å². The van der Waals surface area contributed by atoms with Gasteiger partial charge < -0.3 is 11.1 Å². The number of aldehydes is 1. The molecule has 0 unspecified atom stereocenters. The summed E-state index contributed by atoms with van der Waals surface area (Å²) in [5.74, 6) is -0.315. The van der Waals surface area contributed by atoms with Gasteiger partial charge in [0.05, 0.1) is 0 Å². The second kappa shape index (κ2) is 7.90. The Bertz CT molecular complexity index is 936. The summed E-state index contributed by atoms with van der Waals surface area (Å²) in [5.41, 5.74) is 9.54. The molecular formula is C19H16BrN3O2S. The summed E-state index contributed by atoms with van der Waals surface area (Å²) in [6.45, 7) is 0. The number of rotatable bonds is 5. The van der Waals surface area contributed by atoms with Gasteiger partial charge in [-0.25, -0.2) is 0 Å². The first-order chi connectivity index (χ1) is 12.5. The van der Waals surface area contributed by atoms with E-state index in [0.717, 1.165) is 33.8 Å². The van der Waals surface area contributed by atoms with Crippen LogP contribution in [-0.2, 0) is 4.79 Å². The number of benzene rings is 2. The predicted octanol–water partition coefficient (Wildman–Crippen LogP) is 3.67. The molecule has 1 amide bonds. The van der Waals surface area contributed by atoms with Gasteiger partial charge in [0.2, 0.25) is 0 Å². The minimum Gasteiger partial charge on any atom is -0.398 e. The summed E-state index contributed by atoms with van der Waals surface area (Å²) < 4.78 is 0.960. The van der Waals surface area contributed by atoms with Crippen LogP contribution in [0, 0.1) is 0 Å². The highest BCUT2D eigenvalue weighted by Crippen LogP contribution is 2.32. The van der Waals surface area contributed by atoms with E-state index in [1.54, 1.807) is 18.2 Å². The molecular weight excluding hydrogens is 414 g/mol. The van der Waals surface area contributed by atoms with Gasteiger partial charge in [0.1, 0.15) is 0 Å². The fraction of sp³-hybridized carbons (Fsp3) is 0.0526. The molecule has 0 fully saturated rings. The summed E-state index contributed by atoms with van der Waals surface area (Å²) >= 11 is 4.42. The van der Waals surface area contributed by atoms with E-state index in [-0.39, 0.29) is 5.91 Å². The third-order valence-corrected chi connectivity index (χ3v) is 5.22. The van der Waals surface area contributed by atoms with E-state index < -0.39 is 0 Å². The molecule has 5 N–H and O–H groups in total. The van der Waals surface area contributed by atoms with Crippen molar-refractivity contribution >= 4 is 51.3 Å². The summed E-state index contributed by atoms with van der Waals surface area (Å²) in [6.07, 6.45) is 3.20. The molecule has 0 atom stereocenters. The molecule has 26 heavy (non-hydrogen) atoms. The molecule has 0 saturated heterocycles. The molecule has 0 bridgehead atoms. The van der Waals surface area contributed by atoms with Crippen molar-refractivity contribution in [2.75, 3.05) is 5.73 Å². The first-order valence-electron chi connectivity index (χ1n) is 7.76. The molecule has 2 aromatic carbocycles. The molecule has 0 spiro atoms. The van der Waals surface area contributed by atoms with Crippen LogP contribution in [0.1, 0.15) is 22.3 Å². The lowest BCUT2D eigenvalue weighted by Gasteiger charge is -2.10. The van der Waals surface area contributed by atoms with Gasteiger partial charge in [0.15, 0.2) is 6.29 Å². The van der Waals surface area contributed by atoms with E-state index in [1.165, 1.54) is 0 Å². The van der Waals surface area contributed by atoms with Crippen LogP contribution < -0.4 is 16.2 Å². The second-order valence-electron chi connectivity index (χ2n) is 5.66. The number of allylic oxidation sites excluding steroid dienone is 3. The Morgan fingerprint density at radius 1 is 1.19 bits per heavy atom. The number of amides is 1. The van der Waals surface area contributed by atoms with Gasteiger partial charge in [-0.3, -0.25) is 14.7 Å². The molecule has 1 aliphatic rings. The molecule has 1 aliphatic carbocycles. The van der Waals surface area contributed by atoms with Gasteiger partial charge in [-0.1, -0.05) is 34.1 Å². The molecule has 0 aliphatic heterocycles. The maximum Gasteiger partial charge on any atom is 0.255 e. The number of anilines is 1. The van der Waals surface area contributed by atoms with E-state index in [4.69, 9.17) is 10.9 Å². The first kappa shape index (κ1) is 18.4. The van der Waals surface area contributed by atoms with Crippen LogP contribution >= 0.6 is 27.9 Å². The Hall–Kier alpha value is -2.35. The summed E-state index contributed by atoms with van der Waals surface area (Å²) in [7, 11) is 0. The van der Waals surface area contributed by atoms with Crippen LogP contribution in [0.3, 0.4) is 0 Å². The van der Waals surface area contributed by atoms with Crippen molar-refractivity contribution in [1.29, 1.82) is 0 Å². The Morgan fingerprint density at radius 3 is 2.54 bits per heavy atom. The Kier molecular flexibility index (Phi) is 5.61. The minimum atomic E-state index is -0.315. The molecule has 0 aromatic heterocycles. The largest absolute Gasteiger partial charge is 0.398 e. The number of carbonyl (C=O) groups excluding carboxylic acids is 2. The van der Waals surface area contributed by atoms with E-state index in [9.17, 15) is 9.59 Å². The van der Waals surface area contributed by atoms with Crippen molar-refractivity contribution in [2.45, 2.75) is 11.3 Å². The lowest BCUT2D eigenvalue weighted by molar-refractivity contribution is -0.104. The molecule has 2 aromatic rings.